The molecule has 2 amide bonds. The van der Waals surface area contributed by atoms with Gasteiger partial charge in [0.1, 0.15) is 35.3 Å². The zero-order chi connectivity index (χ0) is 83.9. The highest BCUT2D eigenvalue weighted by Gasteiger charge is 2.58. The van der Waals surface area contributed by atoms with Crippen LogP contribution in [0.15, 0.2) is 79.1 Å². The monoisotopic (exact) mass is 1620 g/mol. The molecule has 3 aliphatic rings. The number of fused-ring (bicyclic) bond motifs is 2. The second-order valence-corrected chi connectivity index (χ2v) is 34.7. The van der Waals surface area contributed by atoms with E-state index in [1.165, 1.54) is 24.3 Å². The number of carbonyl (C=O) groups is 6. The minimum absolute atomic E-state index is 0.0200. The predicted octanol–water partition coefficient (Wildman–Crippen LogP) is 15.2. The summed E-state index contributed by atoms with van der Waals surface area (Å²) in [6, 6.07) is 14.0. The molecule has 0 saturated carbocycles. The van der Waals surface area contributed by atoms with Gasteiger partial charge in [-0.25, -0.2) is 37.6 Å². The molecule has 620 valence electrons. The maximum atomic E-state index is 16.8. The highest BCUT2D eigenvalue weighted by atomic mass is 31.2. The van der Waals surface area contributed by atoms with Gasteiger partial charge in [-0.05, 0) is 138 Å². The van der Waals surface area contributed by atoms with E-state index in [0.29, 0.717) is 104 Å². The number of hydrogen-bond acceptors (Lipinski definition) is 20. The van der Waals surface area contributed by atoms with Crippen LogP contribution in [0.5, 0.6) is 5.75 Å². The Morgan fingerprint density at radius 3 is 1.88 bits per heavy atom. The average Bonchev–Trinajstić information content (AvgIpc) is 0.850. The fourth-order valence-electron chi connectivity index (χ4n) is 14.2. The van der Waals surface area contributed by atoms with Crippen molar-refractivity contribution in [3.8, 4) is 28.8 Å². The lowest BCUT2D eigenvalue weighted by atomic mass is 9.75. The smallest absolute Gasteiger partial charge is 0.469 e. The topological polar surface area (TPSA) is 258 Å². The molecular formula is C79H99F10N8O15P. The Morgan fingerprint density at radius 2 is 1.35 bits per heavy atom. The molecule has 0 radical (unpaired) electrons. The van der Waals surface area contributed by atoms with Gasteiger partial charge in [0.15, 0.2) is 5.78 Å². The Hall–Kier alpha value is -8.83. The van der Waals surface area contributed by atoms with E-state index in [4.69, 9.17) is 33.0 Å². The number of hydrazine groups is 1. The Labute approximate surface area is 650 Å². The van der Waals surface area contributed by atoms with Crippen molar-refractivity contribution in [3.63, 3.8) is 0 Å². The molecule has 3 fully saturated rings. The number of halogens is 10. The number of piperazine rings is 1. The summed E-state index contributed by atoms with van der Waals surface area (Å²) in [6.07, 6.45) is -15.1. The van der Waals surface area contributed by atoms with Crippen LogP contribution in [-0.4, -0.2) is 169 Å². The lowest BCUT2D eigenvalue weighted by Gasteiger charge is -2.47. The van der Waals surface area contributed by atoms with Gasteiger partial charge in [0.2, 0.25) is 12.7 Å². The Kier molecular flexibility index (Phi) is 28.5. The number of benzene rings is 3. The molecule has 5 heterocycles. The first-order valence-corrected chi connectivity index (χ1v) is 38.3. The minimum Gasteiger partial charge on any atom is -0.469 e. The third-order valence-electron chi connectivity index (χ3n) is 20.1. The van der Waals surface area contributed by atoms with Crippen LogP contribution in [0.25, 0.3) is 11.3 Å². The fourth-order valence-corrected chi connectivity index (χ4v) is 16.9. The van der Waals surface area contributed by atoms with Crippen LogP contribution in [0, 0.1) is 65.4 Å². The van der Waals surface area contributed by atoms with Crippen molar-refractivity contribution in [1.29, 1.82) is 0 Å². The third kappa shape index (κ3) is 23.5. The number of alkyl carbamates (subject to hydrolysis) is 1. The first-order valence-electron chi connectivity index (χ1n) is 36.6. The highest BCUT2D eigenvalue weighted by molar-refractivity contribution is 7.54. The number of nitrogens with one attached hydrogen (secondary N) is 2. The van der Waals surface area contributed by atoms with Gasteiger partial charge in [-0.1, -0.05) is 78.5 Å². The van der Waals surface area contributed by atoms with E-state index < -0.39 is 182 Å². The van der Waals surface area contributed by atoms with Crippen molar-refractivity contribution in [2.75, 3.05) is 64.9 Å². The average molecular weight is 1620 g/mol. The third-order valence-corrected chi connectivity index (χ3v) is 22.8. The summed E-state index contributed by atoms with van der Waals surface area (Å²) in [5.41, 5.74) is -5.87. The van der Waals surface area contributed by atoms with Crippen molar-refractivity contribution in [2.45, 2.75) is 202 Å². The van der Waals surface area contributed by atoms with E-state index in [-0.39, 0.29) is 27.9 Å². The van der Waals surface area contributed by atoms with Crippen LogP contribution in [0.1, 0.15) is 161 Å². The van der Waals surface area contributed by atoms with Crippen LogP contribution in [0.4, 0.5) is 59.3 Å². The molecule has 3 aromatic carbocycles. The van der Waals surface area contributed by atoms with E-state index >= 15 is 39.9 Å². The van der Waals surface area contributed by atoms with Gasteiger partial charge in [-0.3, -0.25) is 34.0 Å². The van der Waals surface area contributed by atoms with Gasteiger partial charge in [0.25, 0.3) is 0 Å². The number of nitrogens with zero attached hydrogens (tertiary/aromatic N) is 6. The molecule has 3 saturated heterocycles. The van der Waals surface area contributed by atoms with Crippen molar-refractivity contribution in [2.24, 2.45) is 28.1 Å². The lowest BCUT2D eigenvalue weighted by molar-refractivity contribution is -0.231. The number of amides is 2. The summed E-state index contributed by atoms with van der Waals surface area (Å²) < 4.78 is 211. The standard InChI is InChI=1S/C79H99F10N8O15P/c1-46-29-47(2)67(62(30-46)111-113(104,44-73(3,4)5)112-74(6,7)8)75(9,10)36-66(100)108-45-109-72(103)110-63(41-95(93-69(101)57(35-65(99)105-15)76(11,12)78(84,85)86)40-56-58(80)32-51(33-59(56)81)60-27-28-96(92-60)70(82)83)52(34-61(98)68(91-71(102)106-16)77(13,14)79(87,88)89)31-49-20-17-48(18-21-49)19-22-50-23-26-64(90-37-50)94-38-53-24-25-54(39-94)97(53)55-42-107-43-55/h17-18,20-21,23,26-30,32-33,37,52-55,57,63,68,70H,24-25,31,34-36,38-45H2,1-16H3,(H,91,102)(H,93,101)/t52-,53?,54?,57-,63+,68-,113?/m1/s1. The summed E-state index contributed by atoms with van der Waals surface area (Å²) in [6.45, 7) is 15.9. The van der Waals surface area contributed by atoms with Crippen molar-refractivity contribution in [1.82, 2.24) is 35.4 Å². The summed E-state index contributed by atoms with van der Waals surface area (Å²) in [5, 5.41) is 6.10. The molecule has 2 bridgehead atoms. The largest absolute Gasteiger partial charge is 0.511 e. The van der Waals surface area contributed by atoms with Crippen molar-refractivity contribution >= 4 is 49.3 Å². The number of anilines is 1. The van der Waals surface area contributed by atoms with Gasteiger partial charge >= 0.3 is 50.7 Å². The number of methoxy groups -OCH3 is 2. The number of ether oxygens (including phenoxy) is 6. The van der Waals surface area contributed by atoms with Crippen LogP contribution >= 0.6 is 7.60 Å². The Balaban J connectivity index is 1.19. The zero-order valence-corrected chi connectivity index (χ0v) is 67.0. The van der Waals surface area contributed by atoms with E-state index in [0.717, 1.165) is 58.2 Å². The molecule has 3 unspecified atom stereocenters. The van der Waals surface area contributed by atoms with Gasteiger partial charge in [0.05, 0.1) is 87.1 Å². The number of ketones is 1. The molecule has 5 aromatic rings. The SMILES string of the molecule is COC(=O)C[C@H](C(=O)NN(Cc1c(F)cc(-c2ccn(C(F)F)n2)cc1F)C[C@H](OC(=O)OCOC(=O)CC(C)(C)c1c(C)cc(C)cc1OP(=O)(CC(C)(C)C)OC(C)(C)C)[C@@H](CC(=O)[C@@H](NC(=O)OC)C(C)(C)C(F)(F)F)Cc1ccc(C#Cc2ccc(N3CC4CCC(C3)N4C3COC3)nc2)cc1)C(C)(C)C(F)(F)F. The Bertz CT molecular complexity index is 4280. The second kappa shape index (κ2) is 35.9. The van der Waals surface area contributed by atoms with Crippen molar-refractivity contribution < 1.29 is 115 Å². The molecule has 3 aliphatic heterocycles. The van der Waals surface area contributed by atoms with Gasteiger partial charge in [-0.15, -0.1) is 0 Å². The number of aromatic nitrogens is 3. The summed E-state index contributed by atoms with van der Waals surface area (Å²) in [7, 11) is -2.36. The van der Waals surface area contributed by atoms with Gasteiger partial charge < -0.3 is 43.2 Å². The number of alkyl halides is 8. The molecule has 0 spiro atoms. The molecule has 23 nitrogen and oxygen atoms in total. The molecule has 113 heavy (non-hydrogen) atoms. The minimum atomic E-state index is -5.29. The first-order chi connectivity index (χ1) is 52.4. The van der Waals surface area contributed by atoms with E-state index in [1.54, 1.807) is 66.8 Å². The second-order valence-electron chi connectivity index (χ2n) is 32.8. The number of pyridine rings is 1. The molecule has 34 heteroatoms. The Morgan fingerprint density at radius 1 is 0.743 bits per heavy atom. The van der Waals surface area contributed by atoms with Crippen LogP contribution in [0.2, 0.25) is 0 Å². The van der Waals surface area contributed by atoms with Gasteiger partial charge in [0, 0.05) is 89.7 Å². The molecular weight excluding hydrogens is 1520 g/mol. The maximum Gasteiger partial charge on any atom is 0.511 e. The number of carbonyl (C=O) groups excluding carboxylic acids is 6. The molecule has 7 atom stereocenters. The summed E-state index contributed by atoms with van der Waals surface area (Å²) >= 11 is 0. The first kappa shape index (κ1) is 89.7. The summed E-state index contributed by atoms with van der Waals surface area (Å²) in [5.74, 6) is -5.74. The number of Topliss-reactive ketones (excluding diaryl/α,β-unsaturated/α-hetero) is 1. The fraction of sp³-hybridized carbons (Fsp3) is 0.570. The normalized spacial score (nSPS) is 17.5. The molecule has 2 aromatic heterocycles. The maximum absolute atomic E-state index is 16.8. The van der Waals surface area contributed by atoms with Crippen molar-refractivity contribution in [3.05, 3.63) is 130 Å². The highest BCUT2D eigenvalue weighted by Crippen LogP contribution is 2.57. The van der Waals surface area contributed by atoms with Crippen LogP contribution in [-0.2, 0) is 75.1 Å². The zero-order valence-electron chi connectivity index (χ0n) is 66.1. The number of aryl methyl sites for hydroxylation is 2. The van der Waals surface area contributed by atoms with E-state index in [2.05, 4.69) is 41.6 Å². The lowest BCUT2D eigenvalue weighted by Crippen LogP contribution is -2.62. The molecule has 8 rings (SSSR count). The number of hydrogen-bond donors (Lipinski definition) is 2. The number of rotatable bonds is 31. The predicted molar refractivity (Wildman–Crippen MR) is 395 cm³/mol. The van der Waals surface area contributed by atoms with E-state index in [1.807, 2.05) is 38.2 Å². The van der Waals surface area contributed by atoms with E-state index in [9.17, 15) is 37.3 Å². The van der Waals surface area contributed by atoms with Crippen LogP contribution < -0.4 is 20.2 Å². The molecule has 2 N–H and O–H groups in total. The number of esters is 2. The van der Waals surface area contributed by atoms with Crippen LogP contribution in [0.3, 0.4) is 0 Å². The summed E-state index contributed by atoms with van der Waals surface area (Å²) in [4.78, 5) is 93.9. The van der Waals surface area contributed by atoms with Gasteiger partial charge in [-0.2, -0.15) is 40.2 Å². The quantitative estimate of drug-likeness (QED) is 0.00795. The molecule has 0 aliphatic carbocycles.